The van der Waals surface area contributed by atoms with Gasteiger partial charge in [-0.25, -0.2) is 0 Å². The second-order valence-corrected chi connectivity index (χ2v) is 5.97. The summed E-state index contributed by atoms with van der Waals surface area (Å²) >= 11 is 0. The van der Waals surface area contributed by atoms with Crippen molar-refractivity contribution in [3.8, 4) is 0 Å². The average Bonchev–Trinajstić information content (AvgIpc) is 2.55. The summed E-state index contributed by atoms with van der Waals surface area (Å²) in [5.41, 5.74) is 0. The molecule has 0 aliphatic heterocycles. The number of aliphatic hydroxyl groups is 2. The first-order valence-electron chi connectivity index (χ1n) is 8.75. The van der Waals surface area contributed by atoms with Gasteiger partial charge in [-0.3, -0.25) is 9.59 Å². The minimum atomic E-state index is -1.23. The van der Waals surface area contributed by atoms with Crippen molar-refractivity contribution < 1.29 is 34.0 Å². The molecule has 0 heterocycles. The maximum absolute atomic E-state index is 12.1. The molecule has 7 nitrogen and oxygen atoms in total. The zero-order valence-corrected chi connectivity index (χ0v) is 14.9. The molecule has 0 aromatic carbocycles. The van der Waals surface area contributed by atoms with Gasteiger partial charge in [0.05, 0.1) is 43.4 Å². The second kappa shape index (κ2) is 9.96. The standard InChI is InChI=1S/C17H30O7/c1-5-10(6-2)24-15-13(18)11(16(20)22-7-3)9-12(14(15)19)17(21)23-8-4/h10-15,18-19H,5-9H2,1-4H3. The Balaban J connectivity index is 3.03. The molecule has 4 unspecified atom stereocenters. The largest absolute Gasteiger partial charge is 0.466 e. The number of esters is 2. The van der Waals surface area contributed by atoms with Crippen LogP contribution in [0.3, 0.4) is 0 Å². The lowest BCUT2D eigenvalue weighted by atomic mass is 9.75. The van der Waals surface area contributed by atoms with Crippen molar-refractivity contribution in [3.05, 3.63) is 0 Å². The van der Waals surface area contributed by atoms with Crippen LogP contribution in [0.4, 0.5) is 0 Å². The van der Waals surface area contributed by atoms with E-state index in [-0.39, 0.29) is 25.7 Å². The minimum absolute atomic E-state index is 0.0250. The van der Waals surface area contributed by atoms with Gasteiger partial charge in [0.15, 0.2) is 0 Å². The summed E-state index contributed by atoms with van der Waals surface area (Å²) in [6, 6.07) is 0. The molecule has 4 atom stereocenters. The van der Waals surface area contributed by atoms with Crippen molar-refractivity contribution in [1.82, 2.24) is 0 Å². The third kappa shape index (κ3) is 4.91. The van der Waals surface area contributed by atoms with Crippen LogP contribution in [0.25, 0.3) is 0 Å². The number of hydrogen-bond acceptors (Lipinski definition) is 7. The Morgan fingerprint density at radius 3 is 1.67 bits per heavy atom. The van der Waals surface area contributed by atoms with E-state index in [2.05, 4.69) is 0 Å². The van der Waals surface area contributed by atoms with Gasteiger partial charge in [0.1, 0.15) is 6.10 Å². The molecular formula is C17H30O7. The number of aliphatic hydroxyl groups excluding tert-OH is 2. The van der Waals surface area contributed by atoms with Crippen molar-refractivity contribution in [2.45, 2.75) is 71.4 Å². The first kappa shape index (κ1) is 20.9. The third-order valence-electron chi connectivity index (χ3n) is 4.44. The number of carbonyl (C=O) groups excluding carboxylic acids is 2. The molecule has 0 spiro atoms. The normalized spacial score (nSPS) is 30.2. The number of carbonyl (C=O) groups is 2. The monoisotopic (exact) mass is 346 g/mol. The Morgan fingerprint density at radius 2 is 1.33 bits per heavy atom. The Labute approximate surface area is 143 Å². The molecule has 0 saturated heterocycles. The average molecular weight is 346 g/mol. The van der Waals surface area contributed by atoms with E-state index in [1.807, 2.05) is 13.8 Å². The van der Waals surface area contributed by atoms with Crippen molar-refractivity contribution in [2.24, 2.45) is 11.8 Å². The highest BCUT2D eigenvalue weighted by molar-refractivity contribution is 5.78. The summed E-state index contributed by atoms with van der Waals surface area (Å²) in [6.45, 7) is 7.55. The van der Waals surface area contributed by atoms with Crippen LogP contribution in [-0.4, -0.2) is 59.8 Å². The molecule has 1 fully saturated rings. The molecule has 1 aliphatic rings. The quantitative estimate of drug-likeness (QED) is 0.633. The topological polar surface area (TPSA) is 102 Å². The van der Waals surface area contributed by atoms with Crippen molar-refractivity contribution >= 4 is 11.9 Å². The van der Waals surface area contributed by atoms with Gasteiger partial charge < -0.3 is 24.4 Å². The highest BCUT2D eigenvalue weighted by atomic mass is 16.5. The summed E-state index contributed by atoms with van der Waals surface area (Å²) < 4.78 is 15.8. The van der Waals surface area contributed by atoms with Crippen LogP contribution < -0.4 is 0 Å². The van der Waals surface area contributed by atoms with Gasteiger partial charge in [0, 0.05) is 0 Å². The van der Waals surface area contributed by atoms with E-state index in [9.17, 15) is 19.8 Å². The second-order valence-electron chi connectivity index (χ2n) is 5.97. The molecule has 1 rings (SSSR count). The van der Waals surface area contributed by atoms with Gasteiger partial charge in [-0.1, -0.05) is 13.8 Å². The molecular weight excluding hydrogens is 316 g/mol. The Hall–Kier alpha value is -1.18. The van der Waals surface area contributed by atoms with Crippen LogP contribution in [0.1, 0.15) is 47.0 Å². The highest BCUT2D eigenvalue weighted by Gasteiger charge is 2.51. The molecule has 0 bridgehead atoms. The van der Waals surface area contributed by atoms with E-state index in [4.69, 9.17) is 14.2 Å². The molecule has 0 aromatic rings. The molecule has 0 amide bonds. The Bertz CT molecular complexity index is 378. The van der Waals surface area contributed by atoms with E-state index >= 15 is 0 Å². The fourth-order valence-electron chi connectivity index (χ4n) is 3.05. The first-order valence-corrected chi connectivity index (χ1v) is 8.75. The molecule has 140 valence electrons. The Morgan fingerprint density at radius 1 is 0.917 bits per heavy atom. The Kier molecular flexibility index (Phi) is 8.66. The number of hydrogen-bond donors (Lipinski definition) is 2. The lowest BCUT2D eigenvalue weighted by Crippen LogP contribution is -2.57. The van der Waals surface area contributed by atoms with E-state index in [1.54, 1.807) is 13.8 Å². The van der Waals surface area contributed by atoms with Crippen molar-refractivity contribution in [3.63, 3.8) is 0 Å². The van der Waals surface area contributed by atoms with Gasteiger partial charge in [-0.05, 0) is 33.1 Å². The van der Waals surface area contributed by atoms with E-state index in [1.165, 1.54) is 0 Å². The van der Waals surface area contributed by atoms with Gasteiger partial charge in [0.25, 0.3) is 0 Å². The molecule has 7 heteroatoms. The van der Waals surface area contributed by atoms with Crippen LogP contribution in [0.2, 0.25) is 0 Å². The maximum atomic E-state index is 12.1. The third-order valence-corrected chi connectivity index (χ3v) is 4.44. The van der Waals surface area contributed by atoms with Gasteiger partial charge in [0.2, 0.25) is 0 Å². The predicted molar refractivity (Wildman–Crippen MR) is 86.1 cm³/mol. The molecule has 24 heavy (non-hydrogen) atoms. The molecule has 1 saturated carbocycles. The minimum Gasteiger partial charge on any atom is -0.466 e. The SMILES string of the molecule is CCOC(=O)C1CC(C(=O)OCC)C(O)C(OC(CC)CC)C1O. The van der Waals surface area contributed by atoms with Crippen LogP contribution in [0.5, 0.6) is 0 Å². The first-order chi connectivity index (χ1) is 11.4. The van der Waals surface area contributed by atoms with E-state index < -0.39 is 42.1 Å². The highest BCUT2D eigenvalue weighted by Crippen LogP contribution is 2.34. The number of ether oxygens (including phenoxy) is 3. The zero-order chi connectivity index (χ0) is 18.3. The van der Waals surface area contributed by atoms with Crippen molar-refractivity contribution in [1.29, 1.82) is 0 Å². The fraction of sp³-hybridized carbons (Fsp3) is 0.882. The lowest BCUT2D eigenvalue weighted by Gasteiger charge is -2.41. The van der Waals surface area contributed by atoms with Gasteiger partial charge >= 0.3 is 11.9 Å². The van der Waals surface area contributed by atoms with Gasteiger partial charge in [-0.15, -0.1) is 0 Å². The summed E-state index contributed by atoms with van der Waals surface area (Å²) in [5.74, 6) is -3.04. The predicted octanol–water partition coefficient (Wildman–Crippen LogP) is 1.04. The fourth-order valence-corrected chi connectivity index (χ4v) is 3.05. The van der Waals surface area contributed by atoms with Crippen LogP contribution >= 0.6 is 0 Å². The maximum Gasteiger partial charge on any atom is 0.311 e. The van der Waals surface area contributed by atoms with Crippen LogP contribution in [-0.2, 0) is 23.8 Å². The molecule has 1 aliphatic carbocycles. The summed E-state index contributed by atoms with van der Waals surface area (Å²) in [7, 11) is 0. The van der Waals surface area contributed by atoms with Crippen molar-refractivity contribution in [2.75, 3.05) is 13.2 Å². The summed E-state index contributed by atoms with van der Waals surface area (Å²) in [4.78, 5) is 24.3. The zero-order valence-electron chi connectivity index (χ0n) is 14.9. The molecule has 2 N–H and O–H groups in total. The summed E-state index contributed by atoms with van der Waals surface area (Å²) in [6.07, 6.45) is -2.31. The number of rotatable bonds is 8. The van der Waals surface area contributed by atoms with Gasteiger partial charge in [-0.2, -0.15) is 0 Å². The van der Waals surface area contributed by atoms with Crippen LogP contribution in [0.15, 0.2) is 0 Å². The molecule has 0 aromatic heterocycles. The molecule has 0 radical (unpaired) electrons. The smallest absolute Gasteiger partial charge is 0.311 e. The van der Waals surface area contributed by atoms with E-state index in [0.29, 0.717) is 12.8 Å². The van der Waals surface area contributed by atoms with E-state index in [0.717, 1.165) is 0 Å². The summed E-state index contributed by atoms with van der Waals surface area (Å²) in [5, 5.41) is 21.1. The van der Waals surface area contributed by atoms with Crippen LogP contribution in [0, 0.1) is 11.8 Å². The lowest BCUT2D eigenvalue weighted by molar-refractivity contribution is -0.201.